The van der Waals surface area contributed by atoms with Crippen LogP contribution < -0.4 is 34.0 Å². The van der Waals surface area contributed by atoms with Crippen LogP contribution in [0.5, 0.6) is 0 Å². The highest BCUT2D eigenvalue weighted by Gasteiger charge is 2.56. The summed E-state index contributed by atoms with van der Waals surface area (Å²) in [5, 5.41) is 5.11. The SMILES string of the molecule is C=CCO[C@H](c1ccnc2ccccc12)C1CC2CC[N+]1(Cc1cccc3cccc(C[N+]45CCC(CC4[C@H](OCC=C)c4ccnc6ccccc46)C(C=C)C5)c13)CC2C=C.[Br-].[Br-]. The van der Waals surface area contributed by atoms with E-state index in [0.717, 1.165) is 72.1 Å². The molecule has 0 radical (unpaired) electrons. The summed E-state index contributed by atoms with van der Waals surface area (Å²) in [4.78, 5) is 9.54. The molecule has 6 aliphatic heterocycles. The topological polar surface area (TPSA) is 44.2 Å². The first-order valence-electron chi connectivity index (χ1n) is 23.1. The van der Waals surface area contributed by atoms with Crippen molar-refractivity contribution >= 4 is 32.6 Å². The number of aromatic nitrogens is 2. The molecule has 6 saturated heterocycles. The van der Waals surface area contributed by atoms with E-state index >= 15 is 0 Å². The summed E-state index contributed by atoms with van der Waals surface area (Å²) in [5.74, 6) is 2.16. The van der Waals surface area contributed by atoms with E-state index in [0.29, 0.717) is 36.9 Å². The molecule has 12 rings (SSSR count). The molecular weight excluding hydrogens is 920 g/mol. The lowest BCUT2D eigenvalue weighted by molar-refractivity contribution is -0.985. The number of hydrogen-bond acceptors (Lipinski definition) is 4. The third-order valence-corrected chi connectivity index (χ3v) is 15.9. The number of fused-ring (bicyclic) bond motifs is 9. The zero-order valence-corrected chi connectivity index (χ0v) is 40.2. The minimum atomic E-state index is -0.0924. The van der Waals surface area contributed by atoms with Gasteiger partial charge in [0.2, 0.25) is 0 Å². The Labute approximate surface area is 401 Å². The number of pyridine rings is 2. The Morgan fingerprint density at radius 2 is 1.03 bits per heavy atom. The minimum absolute atomic E-state index is 0. The molecule has 0 spiro atoms. The maximum Gasteiger partial charge on any atom is 0.135 e. The third-order valence-electron chi connectivity index (χ3n) is 15.9. The van der Waals surface area contributed by atoms with Crippen molar-refractivity contribution in [1.82, 2.24) is 9.97 Å². The first-order chi connectivity index (χ1) is 30.5. The molecular formula is C56H62Br2N4O2. The summed E-state index contributed by atoms with van der Waals surface area (Å²) in [7, 11) is 0. The lowest BCUT2D eigenvalue weighted by atomic mass is 9.70. The first kappa shape index (κ1) is 46.3. The van der Waals surface area contributed by atoms with Crippen LogP contribution in [0.25, 0.3) is 32.6 Å². The summed E-state index contributed by atoms with van der Waals surface area (Å²) >= 11 is 0. The average Bonchev–Trinajstić information content (AvgIpc) is 3.32. The predicted molar refractivity (Wildman–Crippen MR) is 253 cm³/mol. The number of piperidine rings is 6. The summed E-state index contributed by atoms with van der Waals surface area (Å²) < 4.78 is 15.9. The van der Waals surface area contributed by atoms with E-state index in [1.165, 1.54) is 56.6 Å². The Morgan fingerprint density at radius 1 is 0.578 bits per heavy atom. The largest absolute Gasteiger partial charge is 1.00 e. The quantitative estimate of drug-likeness (QED) is 0.0930. The van der Waals surface area contributed by atoms with E-state index in [-0.39, 0.29) is 58.3 Å². The maximum absolute atomic E-state index is 6.98. The standard InChI is InChI=1S/C56H62N4O2.2BrH/c1-5-31-61-55(48-23-27-57-50-21-11-9-19-46(48)50)52-33-42-25-29-59(52,35-39(42)7-3)37-44-17-13-15-41-16-14-18-45(54(41)44)38-60-30-26-43(40(8-4)36-60)34-53(60)56(62-32-6-2)49-24-28-58-51-22-12-10-20-47(49)51;;/h5-24,27-28,39-40,42-43,52-53,55-56H,1-4,25-26,29-38H2;2*1H/q+2;;/p-2/t39?,40?,42?,43?,52?,53?,55-,56-,59?,60?;;/m1../s1. The van der Waals surface area contributed by atoms with Crippen molar-refractivity contribution in [1.29, 1.82) is 0 Å². The van der Waals surface area contributed by atoms with Crippen LogP contribution in [-0.2, 0) is 22.6 Å². The van der Waals surface area contributed by atoms with Crippen molar-refractivity contribution in [3.05, 3.63) is 182 Å². The van der Waals surface area contributed by atoms with Gasteiger partial charge in [-0.15, -0.1) is 26.3 Å². The number of rotatable bonds is 16. The van der Waals surface area contributed by atoms with Crippen molar-refractivity contribution < 1.29 is 52.4 Å². The van der Waals surface area contributed by atoms with Crippen molar-refractivity contribution in [2.45, 2.75) is 63.1 Å². The fraction of sp³-hybridized carbons (Fsp3) is 0.357. The Hall–Kier alpha value is -4.28. The zero-order valence-electron chi connectivity index (χ0n) is 37.0. The molecule has 10 atom stereocenters. The molecule has 2 aromatic heterocycles. The highest BCUT2D eigenvalue weighted by Crippen LogP contribution is 2.52. The molecule has 0 N–H and O–H groups in total. The number of nitrogens with zero attached hydrogens (tertiary/aromatic N) is 4. The molecule has 332 valence electrons. The van der Waals surface area contributed by atoms with E-state index in [9.17, 15) is 0 Å². The number of ether oxygens (including phenoxy) is 2. The second-order valence-corrected chi connectivity index (χ2v) is 18.9. The van der Waals surface area contributed by atoms with Crippen molar-refractivity contribution in [3.8, 4) is 0 Å². The minimum Gasteiger partial charge on any atom is -1.00 e. The molecule has 0 aliphatic carbocycles. The number of halogens is 2. The number of quaternary nitrogens is 2. The van der Waals surface area contributed by atoms with Crippen LogP contribution in [0, 0.1) is 23.7 Å². The summed E-state index contributed by atoms with van der Waals surface area (Å²) in [6, 6.07) is 36.2. The lowest BCUT2D eigenvalue weighted by Crippen LogP contribution is -3.00. The van der Waals surface area contributed by atoms with Gasteiger partial charge in [-0.1, -0.05) is 97.1 Å². The Balaban J connectivity index is 0.00000280. The van der Waals surface area contributed by atoms with E-state index in [2.05, 4.69) is 136 Å². The summed E-state index contributed by atoms with van der Waals surface area (Å²) in [6.07, 6.45) is 16.7. The number of hydrogen-bond donors (Lipinski definition) is 0. The van der Waals surface area contributed by atoms with Crippen molar-refractivity contribution in [2.75, 3.05) is 39.4 Å². The van der Waals surface area contributed by atoms with Gasteiger partial charge in [0.05, 0.1) is 50.4 Å². The van der Waals surface area contributed by atoms with E-state index in [1.807, 2.05) is 24.5 Å². The van der Waals surface area contributed by atoms with E-state index < -0.39 is 0 Å². The number of benzene rings is 4. The molecule has 0 saturated carbocycles. The van der Waals surface area contributed by atoms with Gasteiger partial charge in [-0.3, -0.25) is 9.97 Å². The molecule has 8 heterocycles. The Kier molecular flexibility index (Phi) is 14.2. The van der Waals surface area contributed by atoms with Crippen molar-refractivity contribution in [2.24, 2.45) is 23.7 Å². The second kappa shape index (κ2) is 19.7. The van der Waals surface area contributed by atoms with Crippen LogP contribution in [0.1, 0.15) is 60.1 Å². The molecule has 6 fully saturated rings. The molecule has 6 aromatic rings. The molecule has 8 heteroatoms. The smallest absolute Gasteiger partial charge is 0.135 e. The highest BCUT2D eigenvalue weighted by molar-refractivity contribution is 5.89. The highest BCUT2D eigenvalue weighted by atomic mass is 79.9. The van der Waals surface area contributed by atoms with Gasteiger partial charge in [-0.25, -0.2) is 0 Å². The van der Waals surface area contributed by atoms with Crippen LogP contribution in [0.15, 0.2) is 160 Å². The summed E-state index contributed by atoms with van der Waals surface area (Å²) in [5.41, 5.74) is 7.39. The van der Waals surface area contributed by atoms with Gasteiger partial charge in [0.15, 0.2) is 0 Å². The predicted octanol–water partition coefficient (Wildman–Crippen LogP) is 5.65. The monoisotopic (exact) mass is 980 g/mol. The molecule has 4 aromatic carbocycles. The third kappa shape index (κ3) is 8.28. The van der Waals surface area contributed by atoms with Gasteiger partial charge < -0.3 is 52.4 Å². The molecule has 4 bridgehead atoms. The fourth-order valence-electron chi connectivity index (χ4n) is 13.1. The average molecular weight is 983 g/mol. The van der Waals surface area contributed by atoms with Gasteiger partial charge >= 0.3 is 0 Å². The summed E-state index contributed by atoms with van der Waals surface area (Å²) in [6.45, 7) is 24.3. The van der Waals surface area contributed by atoms with Crippen LogP contribution in [0.4, 0.5) is 0 Å². The molecule has 8 unspecified atom stereocenters. The molecule has 6 nitrogen and oxygen atoms in total. The Bertz CT molecular complexity index is 2460. The van der Waals surface area contributed by atoms with Gasteiger partial charge in [0, 0.05) is 71.8 Å². The van der Waals surface area contributed by atoms with E-state index in [1.54, 1.807) is 0 Å². The van der Waals surface area contributed by atoms with E-state index in [4.69, 9.17) is 19.4 Å². The fourth-order valence-corrected chi connectivity index (χ4v) is 13.1. The molecule has 6 aliphatic rings. The second-order valence-electron chi connectivity index (χ2n) is 18.9. The van der Waals surface area contributed by atoms with Crippen LogP contribution in [0.3, 0.4) is 0 Å². The first-order valence-corrected chi connectivity index (χ1v) is 23.1. The maximum atomic E-state index is 6.98. The zero-order chi connectivity index (χ0) is 42.3. The van der Waals surface area contributed by atoms with Gasteiger partial charge in [-0.2, -0.15) is 0 Å². The van der Waals surface area contributed by atoms with Crippen LogP contribution in [0.2, 0.25) is 0 Å². The normalized spacial score (nSPS) is 27.9. The van der Waals surface area contributed by atoms with Gasteiger partial charge in [0.25, 0.3) is 0 Å². The van der Waals surface area contributed by atoms with Crippen LogP contribution >= 0.6 is 0 Å². The van der Waals surface area contributed by atoms with Gasteiger partial charge in [-0.05, 0) is 58.0 Å². The Morgan fingerprint density at radius 3 is 1.47 bits per heavy atom. The lowest BCUT2D eigenvalue weighted by Gasteiger charge is -2.59. The molecule has 0 amide bonds. The van der Waals surface area contributed by atoms with Gasteiger partial charge in [0.1, 0.15) is 37.4 Å². The van der Waals surface area contributed by atoms with Crippen molar-refractivity contribution in [3.63, 3.8) is 0 Å². The molecule has 64 heavy (non-hydrogen) atoms. The number of para-hydroxylation sites is 2. The van der Waals surface area contributed by atoms with Crippen LogP contribution in [-0.4, -0.2) is 70.4 Å².